The molecule has 0 heterocycles. The maximum absolute atomic E-state index is 6.37. The zero-order valence-corrected chi connectivity index (χ0v) is 14.1. The third-order valence-electron chi connectivity index (χ3n) is 4.63. The molecule has 1 fully saturated rings. The molecular weight excluding hydrogens is 258 g/mol. The number of ether oxygens (including phenoxy) is 1. The quantitative estimate of drug-likeness (QED) is 0.880. The van der Waals surface area contributed by atoms with Crippen molar-refractivity contribution in [3.05, 3.63) is 29.3 Å². The van der Waals surface area contributed by atoms with Gasteiger partial charge < -0.3 is 10.5 Å². The Morgan fingerprint density at radius 3 is 2.48 bits per heavy atom. The molecule has 2 rings (SSSR count). The Hall–Kier alpha value is -1.02. The Morgan fingerprint density at radius 2 is 1.86 bits per heavy atom. The van der Waals surface area contributed by atoms with Crippen LogP contribution in [0, 0.1) is 12.8 Å². The van der Waals surface area contributed by atoms with Crippen LogP contribution in [0.1, 0.15) is 64.0 Å². The second-order valence-corrected chi connectivity index (χ2v) is 7.62. The van der Waals surface area contributed by atoms with Crippen molar-refractivity contribution in [3.8, 4) is 5.75 Å². The topological polar surface area (TPSA) is 35.2 Å². The summed E-state index contributed by atoms with van der Waals surface area (Å²) in [6, 6.07) is 6.66. The summed E-state index contributed by atoms with van der Waals surface area (Å²) in [5.74, 6) is 1.65. The number of hydrogen-bond donors (Lipinski definition) is 1. The summed E-state index contributed by atoms with van der Waals surface area (Å²) in [6.07, 6.45) is 6.57. The first-order chi connectivity index (χ1) is 9.88. The average molecular weight is 289 g/mol. The first-order valence-electron chi connectivity index (χ1n) is 8.37. The van der Waals surface area contributed by atoms with Crippen molar-refractivity contribution in [2.45, 2.75) is 71.3 Å². The second-order valence-electron chi connectivity index (χ2n) is 7.62. The summed E-state index contributed by atoms with van der Waals surface area (Å²) < 4.78 is 6.13. The van der Waals surface area contributed by atoms with Gasteiger partial charge in [0.2, 0.25) is 0 Å². The minimum atomic E-state index is 0.0952. The number of rotatable bonds is 4. The number of aryl methyl sites for hydroxylation is 1. The monoisotopic (exact) mass is 289 g/mol. The van der Waals surface area contributed by atoms with Gasteiger partial charge in [-0.15, -0.1) is 0 Å². The van der Waals surface area contributed by atoms with Gasteiger partial charge in [-0.2, -0.15) is 0 Å². The van der Waals surface area contributed by atoms with E-state index in [1.165, 1.54) is 43.2 Å². The maximum Gasteiger partial charge on any atom is 0.123 e. The predicted molar refractivity (Wildman–Crippen MR) is 89.9 cm³/mol. The summed E-state index contributed by atoms with van der Waals surface area (Å²) in [6.45, 7) is 9.43. The molecule has 0 aromatic heterocycles. The molecule has 1 aliphatic rings. The molecular formula is C19H31NO. The molecule has 1 unspecified atom stereocenters. The van der Waals surface area contributed by atoms with E-state index in [1.54, 1.807) is 0 Å². The van der Waals surface area contributed by atoms with Crippen molar-refractivity contribution in [2.24, 2.45) is 11.7 Å². The first-order valence-corrected chi connectivity index (χ1v) is 8.37. The van der Waals surface area contributed by atoms with E-state index in [2.05, 4.69) is 45.9 Å². The fourth-order valence-corrected chi connectivity index (χ4v) is 3.25. The molecule has 118 valence electrons. The highest BCUT2D eigenvalue weighted by molar-refractivity contribution is 5.41. The molecule has 21 heavy (non-hydrogen) atoms. The minimum absolute atomic E-state index is 0.0952. The van der Waals surface area contributed by atoms with Gasteiger partial charge >= 0.3 is 0 Å². The molecule has 0 spiro atoms. The Bertz CT molecular complexity index is 455. The van der Waals surface area contributed by atoms with Crippen LogP contribution in [0.2, 0.25) is 0 Å². The van der Waals surface area contributed by atoms with Gasteiger partial charge in [0, 0.05) is 6.04 Å². The van der Waals surface area contributed by atoms with Gasteiger partial charge in [0.15, 0.2) is 0 Å². The maximum atomic E-state index is 6.37. The summed E-state index contributed by atoms with van der Waals surface area (Å²) in [5.41, 5.74) is 8.97. The molecule has 0 saturated heterocycles. The summed E-state index contributed by atoms with van der Waals surface area (Å²) in [5, 5.41) is 0. The lowest BCUT2D eigenvalue weighted by Gasteiger charge is -2.29. The second kappa shape index (κ2) is 6.83. The summed E-state index contributed by atoms with van der Waals surface area (Å²) in [4.78, 5) is 0. The van der Waals surface area contributed by atoms with Gasteiger partial charge in [0.25, 0.3) is 0 Å². The predicted octanol–water partition coefficient (Wildman–Crippen LogP) is 4.58. The van der Waals surface area contributed by atoms with Crippen LogP contribution in [0.15, 0.2) is 18.2 Å². The fraction of sp³-hybridized carbons (Fsp3) is 0.684. The van der Waals surface area contributed by atoms with E-state index < -0.39 is 0 Å². The molecule has 2 heteroatoms. The van der Waals surface area contributed by atoms with Crippen molar-refractivity contribution in [3.63, 3.8) is 0 Å². The van der Waals surface area contributed by atoms with Crippen molar-refractivity contribution in [2.75, 3.05) is 6.61 Å². The Labute approximate surface area is 130 Å². The third kappa shape index (κ3) is 4.47. The van der Waals surface area contributed by atoms with Crippen LogP contribution in [-0.2, 0) is 5.41 Å². The van der Waals surface area contributed by atoms with Crippen molar-refractivity contribution >= 4 is 0 Å². The molecule has 1 aromatic carbocycles. The Balaban J connectivity index is 2.03. The molecule has 1 atom stereocenters. The molecule has 1 aliphatic carbocycles. The summed E-state index contributed by atoms with van der Waals surface area (Å²) >= 11 is 0. The molecule has 1 saturated carbocycles. The first kappa shape index (κ1) is 16.4. The molecule has 0 radical (unpaired) electrons. The van der Waals surface area contributed by atoms with E-state index in [9.17, 15) is 0 Å². The van der Waals surface area contributed by atoms with E-state index in [4.69, 9.17) is 10.5 Å². The van der Waals surface area contributed by atoms with Gasteiger partial charge in [-0.3, -0.25) is 0 Å². The highest BCUT2D eigenvalue weighted by Gasteiger charge is 2.23. The highest BCUT2D eigenvalue weighted by Crippen LogP contribution is 2.33. The lowest BCUT2D eigenvalue weighted by molar-refractivity contribution is 0.211. The molecule has 0 aliphatic heterocycles. The molecule has 0 bridgehead atoms. The highest BCUT2D eigenvalue weighted by atomic mass is 16.5. The van der Waals surface area contributed by atoms with Crippen LogP contribution < -0.4 is 10.5 Å². The standard InChI is InChI=1S/C19H31NO/c1-14-10-11-16(19(2,3)4)18(12-14)21-13-17(20)15-8-6-5-7-9-15/h10-12,15,17H,5-9,13,20H2,1-4H3. The van der Waals surface area contributed by atoms with E-state index in [-0.39, 0.29) is 11.5 Å². The van der Waals surface area contributed by atoms with Crippen LogP contribution in [-0.4, -0.2) is 12.6 Å². The molecule has 0 amide bonds. The van der Waals surface area contributed by atoms with Crippen molar-refractivity contribution in [1.29, 1.82) is 0 Å². The summed E-state index contributed by atoms with van der Waals surface area (Å²) in [7, 11) is 0. The molecule has 2 nitrogen and oxygen atoms in total. The van der Waals surface area contributed by atoms with Crippen LogP contribution in [0.4, 0.5) is 0 Å². The molecule has 1 aromatic rings. The third-order valence-corrected chi connectivity index (χ3v) is 4.63. The van der Waals surface area contributed by atoms with E-state index >= 15 is 0 Å². The number of benzene rings is 1. The van der Waals surface area contributed by atoms with Gasteiger partial charge in [0.1, 0.15) is 12.4 Å². The SMILES string of the molecule is Cc1ccc(C(C)(C)C)c(OCC(N)C2CCCCC2)c1. The fourth-order valence-electron chi connectivity index (χ4n) is 3.25. The van der Waals surface area contributed by atoms with E-state index in [0.717, 1.165) is 5.75 Å². The van der Waals surface area contributed by atoms with Crippen molar-refractivity contribution in [1.82, 2.24) is 0 Å². The largest absolute Gasteiger partial charge is 0.492 e. The van der Waals surface area contributed by atoms with Gasteiger partial charge in [-0.1, -0.05) is 52.2 Å². The van der Waals surface area contributed by atoms with Crippen LogP contribution >= 0.6 is 0 Å². The van der Waals surface area contributed by atoms with E-state index in [1.807, 2.05) is 0 Å². The van der Waals surface area contributed by atoms with Crippen LogP contribution in [0.3, 0.4) is 0 Å². The Kier molecular flexibility index (Phi) is 5.32. The lowest BCUT2D eigenvalue weighted by atomic mass is 9.84. The number of hydrogen-bond acceptors (Lipinski definition) is 2. The van der Waals surface area contributed by atoms with Crippen LogP contribution in [0.5, 0.6) is 5.75 Å². The smallest absolute Gasteiger partial charge is 0.123 e. The normalized spacial score (nSPS) is 18.5. The van der Waals surface area contributed by atoms with Crippen LogP contribution in [0.25, 0.3) is 0 Å². The lowest BCUT2D eigenvalue weighted by Crippen LogP contribution is -2.37. The molecule has 2 N–H and O–H groups in total. The Morgan fingerprint density at radius 1 is 1.19 bits per heavy atom. The van der Waals surface area contributed by atoms with Gasteiger partial charge in [-0.05, 0) is 48.3 Å². The van der Waals surface area contributed by atoms with E-state index in [0.29, 0.717) is 12.5 Å². The van der Waals surface area contributed by atoms with Gasteiger partial charge in [0.05, 0.1) is 0 Å². The number of nitrogens with two attached hydrogens (primary N) is 1. The van der Waals surface area contributed by atoms with Gasteiger partial charge in [-0.25, -0.2) is 0 Å². The average Bonchev–Trinajstić information content (AvgIpc) is 2.44. The zero-order valence-electron chi connectivity index (χ0n) is 14.1. The van der Waals surface area contributed by atoms with Crippen molar-refractivity contribution < 1.29 is 4.74 Å². The zero-order chi connectivity index (χ0) is 15.5. The minimum Gasteiger partial charge on any atom is -0.492 e.